The van der Waals surface area contributed by atoms with E-state index >= 15 is 0 Å². The molecule has 0 radical (unpaired) electrons. The van der Waals surface area contributed by atoms with E-state index in [9.17, 15) is 4.79 Å². The maximum atomic E-state index is 11.3. The van der Waals surface area contributed by atoms with Crippen LogP contribution in [-0.4, -0.2) is 41.5 Å². The topological polar surface area (TPSA) is 58.4 Å². The molecule has 1 fully saturated rings. The van der Waals surface area contributed by atoms with Gasteiger partial charge in [-0.3, -0.25) is 4.79 Å². The van der Waals surface area contributed by atoms with E-state index < -0.39 is 5.54 Å². The summed E-state index contributed by atoms with van der Waals surface area (Å²) < 4.78 is 0. The highest BCUT2D eigenvalue weighted by molar-refractivity contribution is 5.83. The van der Waals surface area contributed by atoms with E-state index in [0.29, 0.717) is 12.1 Å². The number of nitrogens with two attached hydrogens (primary N) is 1. The Kier molecular flexibility index (Phi) is 4.95. The van der Waals surface area contributed by atoms with Gasteiger partial charge in [0.15, 0.2) is 0 Å². The fraction of sp³-hybridized carbons (Fsp3) is 0.923. The first-order valence-electron chi connectivity index (χ1n) is 6.64. The van der Waals surface area contributed by atoms with Crippen LogP contribution in [0.1, 0.15) is 47.0 Å². The third kappa shape index (κ3) is 4.28. The average molecular weight is 241 g/mol. The highest BCUT2D eigenvalue weighted by Crippen LogP contribution is 2.16. The molecule has 1 atom stereocenters. The Bertz CT molecular complexity index is 263. The molecule has 0 aliphatic carbocycles. The molecular weight excluding hydrogens is 214 g/mol. The van der Waals surface area contributed by atoms with Crippen molar-refractivity contribution in [3.63, 3.8) is 0 Å². The van der Waals surface area contributed by atoms with Gasteiger partial charge in [0.1, 0.15) is 0 Å². The Morgan fingerprint density at radius 1 is 1.35 bits per heavy atom. The van der Waals surface area contributed by atoms with Gasteiger partial charge < -0.3 is 16.0 Å². The minimum absolute atomic E-state index is 0.275. The van der Waals surface area contributed by atoms with Crippen LogP contribution in [0.3, 0.4) is 0 Å². The quantitative estimate of drug-likeness (QED) is 0.775. The van der Waals surface area contributed by atoms with Crippen LogP contribution in [0.2, 0.25) is 0 Å². The Morgan fingerprint density at radius 3 is 2.53 bits per heavy atom. The number of carbonyl (C=O) groups excluding carboxylic acids is 1. The zero-order chi connectivity index (χ0) is 13.1. The van der Waals surface area contributed by atoms with Gasteiger partial charge in [0.25, 0.3) is 0 Å². The van der Waals surface area contributed by atoms with Gasteiger partial charge in [-0.15, -0.1) is 0 Å². The van der Waals surface area contributed by atoms with Crippen LogP contribution in [0.4, 0.5) is 0 Å². The summed E-state index contributed by atoms with van der Waals surface area (Å²) in [6.07, 6.45) is 3.40. The summed E-state index contributed by atoms with van der Waals surface area (Å²) in [4.78, 5) is 13.8. The van der Waals surface area contributed by atoms with Gasteiger partial charge in [0.2, 0.25) is 5.91 Å². The van der Waals surface area contributed by atoms with Crippen molar-refractivity contribution in [2.75, 3.05) is 13.1 Å². The average Bonchev–Trinajstić information content (AvgIpc) is 2.42. The van der Waals surface area contributed by atoms with Crippen molar-refractivity contribution >= 4 is 5.91 Å². The highest BCUT2D eigenvalue weighted by atomic mass is 16.1. The fourth-order valence-corrected chi connectivity index (χ4v) is 2.36. The molecule has 1 rings (SSSR count). The minimum atomic E-state index is -0.600. The maximum absolute atomic E-state index is 11.3. The second-order valence-corrected chi connectivity index (χ2v) is 5.89. The number of carbonyl (C=O) groups is 1. The monoisotopic (exact) mass is 241 g/mol. The molecule has 4 heteroatoms. The van der Waals surface area contributed by atoms with Crippen molar-refractivity contribution in [3.05, 3.63) is 0 Å². The molecular formula is C13H27N3O. The third-order valence-electron chi connectivity index (χ3n) is 3.67. The van der Waals surface area contributed by atoms with Gasteiger partial charge in [0, 0.05) is 12.1 Å². The fourth-order valence-electron chi connectivity index (χ4n) is 2.36. The van der Waals surface area contributed by atoms with Crippen molar-refractivity contribution in [2.24, 2.45) is 5.73 Å². The molecule has 0 aromatic carbocycles. The van der Waals surface area contributed by atoms with E-state index in [1.165, 1.54) is 6.42 Å². The van der Waals surface area contributed by atoms with Crippen LogP contribution in [-0.2, 0) is 4.79 Å². The first kappa shape index (κ1) is 14.5. The molecule has 4 nitrogen and oxygen atoms in total. The third-order valence-corrected chi connectivity index (χ3v) is 3.67. The number of amides is 1. The molecule has 0 aromatic rings. The molecule has 0 bridgehead atoms. The predicted molar refractivity (Wildman–Crippen MR) is 70.8 cm³/mol. The summed E-state index contributed by atoms with van der Waals surface area (Å²) in [5.74, 6) is -0.275. The lowest BCUT2D eigenvalue weighted by Crippen LogP contribution is -2.54. The Morgan fingerprint density at radius 2 is 2.00 bits per heavy atom. The van der Waals surface area contributed by atoms with Crippen molar-refractivity contribution in [3.8, 4) is 0 Å². The molecule has 1 aliphatic heterocycles. The Balaban J connectivity index is 2.49. The molecule has 0 spiro atoms. The summed E-state index contributed by atoms with van der Waals surface area (Å²) >= 11 is 0. The maximum Gasteiger partial charge on any atom is 0.237 e. The molecule has 1 amide bonds. The van der Waals surface area contributed by atoms with Crippen molar-refractivity contribution in [1.29, 1.82) is 0 Å². The molecule has 17 heavy (non-hydrogen) atoms. The number of primary amides is 1. The predicted octanol–water partition coefficient (Wildman–Crippen LogP) is 1.10. The van der Waals surface area contributed by atoms with Crippen LogP contribution in [0, 0.1) is 0 Å². The van der Waals surface area contributed by atoms with Crippen molar-refractivity contribution < 1.29 is 4.79 Å². The first-order chi connectivity index (χ1) is 7.83. The first-order valence-corrected chi connectivity index (χ1v) is 6.64. The number of nitrogens with zero attached hydrogens (tertiary/aromatic N) is 1. The van der Waals surface area contributed by atoms with Crippen LogP contribution in [0.25, 0.3) is 0 Å². The van der Waals surface area contributed by atoms with E-state index in [4.69, 9.17) is 5.73 Å². The number of nitrogens with one attached hydrogen (secondary N) is 1. The second kappa shape index (κ2) is 5.83. The van der Waals surface area contributed by atoms with E-state index in [-0.39, 0.29) is 5.91 Å². The van der Waals surface area contributed by atoms with Crippen molar-refractivity contribution in [1.82, 2.24) is 10.2 Å². The molecule has 1 unspecified atom stereocenters. The smallest absolute Gasteiger partial charge is 0.237 e. The molecule has 100 valence electrons. The molecule has 3 N–H and O–H groups in total. The standard InChI is InChI=1S/C13H27N3O/c1-10(2)16-8-5-6-11(7-9-16)15-13(3,4)12(14)17/h10-11,15H,5-9H2,1-4H3,(H2,14,17). The van der Waals surface area contributed by atoms with E-state index in [1.54, 1.807) is 0 Å². The highest BCUT2D eigenvalue weighted by Gasteiger charge is 2.29. The normalized spacial score (nSPS) is 23.7. The largest absolute Gasteiger partial charge is 0.368 e. The van der Waals surface area contributed by atoms with Gasteiger partial charge in [-0.2, -0.15) is 0 Å². The zero-order valence-corrected chi connectivity index (χ0v) is 11.6. The second-order valence-electron chi connectivity index (χ2n) is 5.89. The van der Waals surface area contributed by atoms with Gasteiger partial charge in [0.05, 0.1) is 5.54 Å². The van der Waals surface area contributed by atoms with Crippen molar-refractivity contribution in [2.45, 2.75) is 64.6 Å². The summed E-state index contributed by atoms with van der Waals surface area (Å²) in [6.45, 7) is 10.5. The van der Waals surface area contributed by atoms with Gasteiger partial charge >= 0.3 is 0 Å². The summed E-state index contributed by atoms with van der Waals surface area (Å²) in [7, 11) is 0. The number of hydrogen-bond donors (Lipinski definition) is 2. The zero-order valence-electron chi connectivity index (χ0n) is 11.6. The Labute approximate surface area is 105 Å². The van der Waals surface area contributed by atoms with Gasteiger partial charge in [-0.25, -0.2) is 0 Å². The van der Waals surface area contributed by atoms with E-state index in [1.807, 2.05) is 13.8 Å². The van der Waals surface area contributed by atoms with Gasteiger partial charge in [-0.1, -0.05) is 0 Å². The molecule has 1 heterocycles. The summed E-state index contributed by atoms with van der Waals surface area (Å²) in [5.41, 5.74) is 4.79. The number of rotatable bonds is 4. The molecule has 0 saturated carbocycles. The summed E-state index contributed by atoms with van der Waals surface area (Å²) in [6, 6.07) is 1.01. The van der Waals surface area contributed by atoms with E-state index in [2.05, 4.69) is 24.1 Å². The lowest BCUT2D eigenvalue weighted by atomic mass is 10.0. The molecule has 1 aliphatic rings. The Hall–Kier alpha value is -0.610. The number of likely N-dealkylation sites (tertiary alicyclic amines) is 1. The van der Waals surface area contributed by atoms with Crippen LogP contribution in [0.5, 0.6) is 0 Å². The SMILES string of the molecule is CC(C)N1CCCC(NC(C)(C)C(N)=O)CC1. The molecule has 1 saturated heterocycles. The molecule has 0 aromatic heterocycles. The lowest BCUT2D eigenvalue weighted by molar-refractivity contribution is -0.123. The minimum Gasteiger partial charge on any atom is -0.368 e. The van der Waals surface area contributed by atoms with Crippen LogP contribution in [0.15, 0.2) is 0 Å². The lowest BCUT2D eigenvalue weighted by Gasteiger charge is -2.29. The van der Waals surface area contributed by atoms with Crippen LogP contribution < -0.4 is 11.1 Å². The van der Waals surface area contributed by atoms with Crippen LogP contribution >= 0.6 is 0 Å². The van der Waals surface area contributed by atoms with Gasteiger partial charge in [-0.05, 0) is 60.0 Å². The van der Waals surface area contributed by atoms with E-state index in [0.717, 1.165) is 25.9 Å². The summed E-state index contributed by atoms with van der Waals surface area (Å²) in [5, 5.41) is 3.39. The number of hydrogen-bond acceptors (Lipinski definition) is 3.